The van der Waals surface area contributed by atoms with Gasteiger partial charge in [0.1, 0.15) is 11.4 Å². The minimum Gasteiger partial charge on any atom is -0.497 e. The van der Waals surface area contributed by atoms with E-state index in [4.69, 9.17) is 20.9 Å². The Morgan fingerprint density at radius 1 is 1.42 bits per heavy atom. The molecule has 3 rings (SSSR count). The van der Waals surface area contributed by atoms with Crippen molar-refractivity contribution in [2.24, 2.45) is 7.05 Å². The lowest BCUT2D eigenvalue weighted by molar-refractivity contribution is -0.129. The second kappa shape index (κ2) is 6.57. The molecule has 0 aliphatic carbocycles. The van der Waals surface area contributed by atoms with Crippen molar-refractivity contribution < 1.29 is 14.1 Å². The van der Waals surface area contributed by atoms with Crippen LogP contribution in [-0.4, -0.2) is 34.7 Å². The van der Waals surface area contributed by atoms with Crippen molar-refractivity contribution >= 4 is 28.5 Å². The van der Waals surface area contributed by atoms with Crippen molar-refractivity contribution in [1.82, 2.24) is 14.6 Å². The van der Waals surface area contributed by atoms with E-state index < -0.39 is 0 Å². The first-order chi connectivity index (χ1) is 11.5. The van der Waals surface area contributed by atoms with E-state index >= 15 is 0 Å². The summed E-state index contributed by atoms with van der Waals surface area (Å²) < 4.78 is 12.4. The summed E-state index contributed by atoms with van der Waals surface area (Å²) in [7, 11) is 5.25. The van der Waals surface area contributed by atoms with Crippen LogP contribution < -0.4 is 4.74 Å². The van der Waals surface area contributed by atoms with Gasteiger partial charge < -0.3 is 18.7 Å². The van der Waals surface area contributed by atoms with Gasteiger partial charge in [-0.1, -0.05) is 16.8 Å². The van der Waals surface area contributed by atoms with Crippen LogP contribution in [0.2, 0.25) is 5.02 Å². The second-order valence-electron chi connectivity index (χ2n) is 5.68. The monoisotopic (exact) mass is 347 g/mol. The van der Waals surface area contributed by atoms with Gasteiger partial charge in [-0.25, -0.2) is 0 Å². The van der Waals surface area contributed by atoms with Gasteiger partial charge in [0.05, 0.1) is 25.1 Å². The Balaban J connectivity index is 1.75. The maximum atomic E-state index is 12.5. The normalized spacial score (nSPS) is 11.0. The number of aryl methyl sites for hydroxylation is 1. The number of hydrogen-bond donors (Lipinski definition) is 0. The van der Waals surface area contributed by atoms with E-state index in [1.54, 1.807) is 31.2 Å². The minimum atomic E-state index is -0.0506. The molecule has 0 spiro atoms. The molecule has 2 aromatic heterocycles. The number of methoxy groups -OCH3 is 1. The van der Waals surface area contributed by atoms with E-state index in [1.807, 2.05) is 29.9 Å². The first-order valence-corrected chi connectivity index (χ1v) is 7.82. The largest absolute Gasteiger partial charge is 0.497 e. The molecule has 0 N–H and O–H groups in total. The number of carbonyl (C=O) groups is 1. The van der Waals surface area contributed by atoms with E-state index in [-0.39, 0.29) is 12.3 Å². The lowest BCUT2D eigenvalue weighted by atomic mass is 10.1. The molecular formula is C17H18ClN3O3. The molecule has 7 heteroatoms. The predicted molar refractivity (Wildman–Crippen MR) is 91.2 cm³/mol. The third-order valence-corrected chi connectivity index (χ3v) is 4.18. The van der Waals surface area contributed by atoms with Gasteiger partial charge >= 0.3 is 0 Å². The van der Waals surface area contributed by atoms with E-state index in [1.165, 1.54) is 0 Å². The highest BCUT2D eigenvalue weighted by molar-refractivity contribution is 6.30. The maximum Gasteiger partial charge on any atom is 0.228 e. The first-order valence-electron chi connectivity index (χ1n) is 7.45. The molecule has 0 bridgehead atoms. The first kappa shape index (κ1) is 16.4. The quantitative estimate of drug-likeness (QED) is 0.711. The van der Waals surface area contributed by atoms with Gasteiger partial charge in [-0.3, -0.25) is 4.79 Å². The molecule has 0 atom stereocenters. The Labute approximate surface area is 144 Å². The van der Waals surface area contributed by atoms with Crippen LogP contribution in [0, 0.1) is 0 Å². The summed E-state index contributed by atoms with van der Waals surface area (Å²) in [5.41, 5.74) is 2.20. The molecule has 0 aliphatic heterocycles. The predicted octanol–water partition coefficient (Wildman–Crippen LogP) is 3.03. The number of fused-ring (bicyclic) bond motifs is 1. The molecule has 1 amide bonds. The molecule has 0 fully saturated rings. The number of aromatic nitrogens is 2. The number of hydrogen-bond acceptors (Lipinski definition) is 4. The second-order valence-corrected chi connectivity index (χ2v) is 6.11. The van der Waals surface area contributed by atoms with Crippen molar-refractivity contribution in [1.29, 1.82) is 0 Å². The number of rotatable bonds is 5. The molecule has 3 aromatic rings. The number of nitrogens with zero attached hydrogens (tertiary/aromatic N) is 3. The molecule has 126 valence electrons. The average Bonchev–Trinajstić information content (AvgIpc) is 3.09. The van der Waals surface area contributed by atoms with Gasteiger partial charge in [-0.15, -0.1) is 0 Å². The highest BCUT2D eigenvalue weighted by atomic mass is 35.5. The highest BCUT2D eigenvalue weighted by Crippen LogP contribution is 2.24. The Kier molecular flexibility index (Phi) is 4.49. The fraction of sp³-hybridized carbons (Fsp3) is 0.294. The zero-order chi connectivity index (χ0) is 17.3. The van der Waals surface area contributed by atoms with Crippen molar-refractivity contribution in [3.8, 4) is 5.75 Å². The molecule has 0 saturated carbocycles. The molecule has 0 radical (unpaired) electrons. The van der Waals surface area contributed by atoms with Crippen molar-refractivity contribution in [3.05, 3.63) is 46.9 Å². The van der Waals surface area contributed by atoms with Crippen LogP contribution in [0.3, 0.4) is 0 Å². The smallest absolute Gasteiger partial charge is 0.228 e. The van der Waals surface area contributed by atoms with Gasteiger partial charge in [-0.2, -0.15) is 0 Å². The topological polar surface area (TPSA) is 60.5 Å². The highest BCUT2D eigenvalue weighted by Gasteiger charge is 2.17. The Morgan fingerprint density at radius 2 is 2.21 bits per heavy atom. The van der Waals surface area contributed by atoms with Gasteiger partial charge in [0, 0.05) is 31.4 Å². The van der Waals surface area contributed by atoms with Crippen LogP contribution >= 0.6 is 11.6 Å². The summed E-state index contributed by atoms with van der Waals surface area (Å²) >= 11 is 5.98. The lowest BCUT2D eigenvalue weighted by Gasteiger charge is -2.17. The van der Waals surface area contributed by atoms with Crippen LogP contribution in [0.1, 0.15) is 11.4 Å². The van der Waals surface area contributed by atoms with Gasteiger partial charge in [0.15, 0.2) is 5.58 Å². The SMILES string of the molecule is COc1ccc2onc(CC(=O)N(C)Cc3cc(Cl)cn3C)c2c1. The molecule has 1 aromatic carbocycles. The Morgan fingerprint density at radius 3 is 2.88 bits per heavy atom. The number of amides is 1. The van der Waals surface area contributed by atoms with E-state index in [0.717, 1.165) is 11.1 Å². The molecule has 0 unspecified atom stereocenters. The Hall–Kier alpha value is -2.47. The molecule has 6 nitrogen and oxygen atoms in total. The summed E-state index contributed by atoms with van der Waals surface area (Å²) in [6.07, 6.45) is 1.97. The number of likely N-dealkylation sites (N-methyl/N-ethyl adjacent to an activating group) is 1. The Bertz CT molecular complexity index is 884. The van der Waals surface area contributed by atoms with Crippen molar-refractivity contribution in [3.63, 3.8) is 0 Å². The van der Waals surface area contributed by atoms with Crippen LogP contribution in [0.4, 0.5) is 0 Å². The minimum absolute atomic E-state index is 0.0506. The van der Waals surface area contributed by atoms with Crippen molar-refractivity contribution in [2.45, 2.75) is 13.0 Å². The summed E-state index contributed by atoms with van der Waals surface area (Å²) in [5, 5.41) is 5.46. The third kappa shape index (κ3) is 3.23. The zero-order valence-corrected chi connectivity index (χ0v) is 14.5. The lowest BCUT2D eigenvalue weighted by Crippen LogP contribution is -2.28. The standard InChI is InChI=1S/C17H18ClN3O3/c1-20-9-11(18)6-12(20)10-21(2)17(22)8-15-14-7-13(23-3)4-5-16(14)24-19-15/h4-7,9H,8,10H2,1-3H3. The molecule has 0 saturated heterocycles. The zero-order valence-electron chi connectivity index (χ0n) is 13.7. The third-order valence-electron chi connectivity index (χ3n) is 3.97. The molecule has 2 heterocycles. The molecule has 0 aliphatic rings. The van der Waals surface area contributed by atoms with Crippen molar-refractivity contribution in [2.75, 3.05) is 14.2 Å². The fourth-order valence-corrected chi connectivity index (χ4v) is 2.83. The number of benzene rings is 1. The number of halogens is 1. The van der Waals surface area contributed by atoms with Crippen LogP contribution in [-0.2, 0) is 24.8 Å². The van der Waals surface area contributed by atoms with Gasteiger partial charge in [-0.05, 0) is 24.3 Å². The van der Waals surface area contributed by atoms with Gasteiger partial charge in [0.25, 0.3) is 0 Å². The summed E-state index contributed by atoms with van der Waals surface area (Å²) in [6, 6.07) is 7.25. The summed E-state index contributed by atoms with van der Waals surface area (Å²) in [5.74, 6) is 0.650. The number of ether oxygens (including phenoxy) is 1. The molecule has 24 heavy (non-hydrogen) atoms. The molecular weight excluding hydrogens is 330 g/mol. The van der Waals surface area contributed by atoms with E-state index in [0.29, 0.717) is 28.6 Å². The summed E-state index contributed by atoms with van der Waals surface area (Å²) in [6.45, 7) is 0.473. The van der Waals surface area contributed by atoms with E-state index in [9.17, 15) is 4.79 Å². The number of carbonyl (C=O) groups excluding carboxylic acids is 1. The van der Waals surface area contributed by atoms with Crippen LogP contribution in [0.5, 0.6) is 5.75 Å². The fourth-order valence-electron chi connectivity index (χ4n) is 2.55. The summed E-state index contributed by atoms with van der Waals surface area (Å²) in [4.78, 5) is 14.1. The van der Waals surface area contributed by atoms with E-state index in [2.05, 4.69) is 5.16 Å². The maximum absolute atomic E-state index is 12.5. The average molecular weight is 348 g/mol. The van der Waals surface area contributed by atoms with Crippen LogP contribution in [0.25, 0.3) is 11.0 Å². The van der Waals surface area contributed by atoms with Crippen LogP contribution in [0.15, 0.2) is 35.0 Å². The van der Waals surface area contributed by atoms with Gasteiger partial charge in [0.2, 0.25) is 5.91 Å².